The average molecular weight is 538 g/mol. The van der Waals surface area contributed by atoms with Crippen molar-refractivity contribution >= 4 is 28.9 Å². The van der Waals surface area contributed by atoms with Gasteiger partial charge in [-0.15, -0.1) is 0 Å². The van der Waals surface area contributed by atoms with Gasteiger partial charge in [-0.3, -0.25) is 14.2 Å². The van der Waals surface area contributed by atoms with Crippen LogP contribution in [0, 0.1) is 0 Å². The highest BCUT2D eigenvalue weighted by Gasteiger charge is 2.17. The summed E-state index contributed by atoms with van der Waals surface area (Å²) in [7, 11) is 3.37. The van der Waals surface area contributed by atoms with E-state index in [0.29, 0.717) is 29.0 Å². The van der Waals surface area contributed by atoms with Crippen molar-refractivity contribution in [1.82, 2.24) is 29.2 Å². The molecule has 1 saturated heterocycles. The van der Waals surface area contributed by atoms with Gasteiger partial charge in [0.2, 0.25) is 5.95 Å². The number of pyridine rings is 1. The Bertz CT molecular complexity index is 1360. The molecule has 4 aromatic rings. The number of imidazole rings is 1. The van der Waals surface area contributed by atoms with Crippen LogP contribution in [0.5, 0.6) is 11.5 Å². The van der Waals surface area contributed by atoms with Crippen LogP contribution in [0.15, 0.2) is 55.0 Å². The van der Waals surface area contributed by atoms with E-state index in [2.05, 4.69) is 30.1 Å². The first-order valence-electron chi connectivity index (χ1n) is 12.6. The molecule has 1 fully saturated rings. The maximum Gasteiger partial charge on any atom is 0.227 e. The Morgan fingerprint density at radius 3 is 2.50 bits per heavy atom. The zero-order chi connectivity index (χ0) is 26.3. The molecule has 1 N–H and O–H groups in total. The number of nitrogens with zero attached hydrogens (tertiary/aromatic N) is 6. The fourth-order valence-corrected chi connectivity index (χ4v) is 4.64. The number of halogens is 1. The predicted molar refractivity (Wildman–Crippen MR) is 148 cm³/mol. The van der Waals surface area contributed by atoms with Crippen LogP contribution in [0.25, 0.3) is 17.0 Å². The number of ether oxygens (including phenoxy) is 3. The van der Waals surface area contributed by atoms with Crippen molar-refractivity contribution in [3.05, 3.63) is 60.0 Å². The quantitative estimate of drug-likeness (QED) is 0.306. The van der Waals surface area contributed by atoms with Crippen molar-refractivity contribution in [2.75, 3.05) is 72.0 Å². The number of fused-ring (bicyclic) bond motifs is 1. The van der Waals surface area contributed by atoms with E-state index < -0.39 is 0 Å². The maximum absolute atomic E-state index is 6.46. The number of aromatic nitrogens is 4. The Kier molecular flexibility index (Phi) is 8.54. The maximum atomic E-state index is 6.46. The normalized spacial score (nSPS) is 14.6. The molecular weight excluding hydrogens is 506 g/mol. The molecule has 200 valence electrons. The van der Waals surface area contributed by atoms with Crippen LogP contribution in [-0.2, 0) is 4.74 Å². The average Bonchev–Trinajstić information content (AvgIpc) is 3.38. The van der Waals surface area contributed by atoms with E-state index in [9.17, 15) is 0 Å². The summed E-state index contributed by atoms with van der Waals surface area (Å²) in [4.78, 5) is 18.3. The first kappa shape index (κ1) is 26.2. The molecule has 5 rings (SSSR count). The summed E-state index contributed by atoms with van der Waals surface area (Å²) in [5.74, 6) is 1.77. The molecule has 0 saturated carbocycles. The Morgan fingerprint density at radius 2 is 1.74 bits per heavy atom. The summed E-state index contributed by atoms with van der Waals surface area (Å²) in [5, 5.41) is 3.68. The van der Waals surface area contributed by atoms with E-state index >= 15 is 0 Å². The molecule has 3 aromatic heterocycles. The lowest BCUT2D eigenvalue weighted by atomic mass is 10.2. The molecule has 38 heavy (non-hydrogen) atoms. The SMILES string of the molecule is COCCN1CCN(CCOc2ccc(Nc3ncc(Cl)c(-c4cnc5ccccn45)n3)c(OC)c2)CC1. The van der Waals surface area contributed by atoms with Gasteiger partial charge < -0.3 is 19.5 Å². The van der Waals surface area contributed by atoms with Crippen LogP contribution in [0.4, 0.5) is 11.6 Å². The molecule has 1 aliphatic heterocycles. The van der Waals surface area contributed by atoms with Gasteiger partial charge in [0.25, 0.3) is 0 Å². The molecule has 4 heterocycles. The molecule has 0 unspecified atom stereocenters. The van der Waals surface area contributed by atoms with Crippen molar-refractivity contribution in [3.63, 3.8) is 0 Å². The molecule has 10 nitrogen and oxygen atoms in total. The van der Waals surface area contributed by atoms with Crippen LogP contribution in [-0.4, -0.2) is 95.9 Å². The topological polar surface area (TPSA) is 89.3 Å². The number of benzene rings is 1. The van der Waals surface area contributed by atoms with Gasteiger partial charge in [0.15, 0.2) is 0 Å². The van der Waals surface area contributed by atoms with Gasteiger partial charge >= 0.3 is 0 Å². The fraction of sp³-hybridized carbons (Fsp3) is 0.370. The van der Waals surface area contributed by atoms with Gasteiger partial charge in [0, 0.05) is 58.6 Å². The summed E-state index contributed by atoms with van der Waals surface area (Å²) in [6, 6.07) is 11.5. The van der Waals surface area contributed by atoms with E-state index in [1.807, 2.05) is 47.0 Å². The zero-order valence-corrected chi connectivity index (χ0v) is 22.4. The molecule has 1 aliphatic rings. The van der Waals surface area contributed by atoms with Crippen molar-refractivity contribution in [3.8, 4) is 22.9 Å². The lowest BCUT2D eigenvalue weighted by Gasteiger charge is -2.34. The highest BCUT2D eigenvalue weighted by Crippen LogP contribution is 2.32. The van der Waals surface area contributed by atoms with Crippen LogP contribution >= 0.6 is 11.6 Å². The van der Waals surface area contributed by atoms with Gasteiger partial charge in [-0.05, 0) is 24.3 Å². The number of hydrogen-bond donors (Lipinski definition) is 1. The van der Waals surface area contributed by atoms with Crippen LogP contribution in [0.3, 0.4) is 0 Å². The summed E-state index contributed by atoms with van der Waals surface area (Å²) in [6.45, 7) is 7.45. The Balaban J connectivity index is 1.21. The van der Waals surface area contributed by atoms with E-state index in [1.54, 1.807) is 26.6 Å². The van der Waals surface area contributed by atoms with Crippen molar-refractivity contribution in [2.24, 2.45) is 0 Å². The highest BCUT2D eigenvalue weighted by molar-refractivity contribution is 6.32. The molecule has 0 amide bonds. The minimum atomic E-state index is 0.395. The van der Waals surface area contributed by atoms with Gasteiger partial charge in [0.05, 0.1) is 42.5 Å². The second-order valence-corrected chi connectivity index (χ2v) is 9.38. The molecule has 0 bridgehead atoms. The Morgan fingerprint density at radius 1 is 0.947 bits per heavy atom. The lowest BCUT2D eigenvalue weighted by molar-refractivity contribution is 0.0894. The van der Waals surface area contributed by atoms with Crippen LogP contribution in [0.1, 0.15) is 0 Å². The predicted octanol–water partition coefficient (Wildman–Crippen LogP) is 3.84. The summed E-state index contributed by atoms with van der Waals surface area (Å²) in [5.41, 5.74) is 2.90. The molecule has 0 aliphatic carbocycles. The number of hydrogen-bond acceptors (Lipinski definition) is 9. The summed E-state index contributed by atoms with van der Waals surface area (Å²) >= 11 is 6.46. The number of piperazine rings is 1. The van der Waals surface area contributed by atoms with E-state index in [4.69, 9.17) is 25.8 Å². The third kappa shape index (κ3) is 6.16. The number of nitrogens with one attached hydrogen (secondary N) is 1. The lowest BCUT2D eigenvalue weighted by Crippen LogP contribution is -2.48. The van der Waals surface area contributed by atoms with Crippen LogP contribution < -0.4 is 14.8 Å². The van der Waals surface area contributed by atoms with Gasteiger partial charge in [-0.1, -0.05) is 17.7 Å². The molecular formula is C27H32ClN7O3. The second kappa shape index (κ2) is 12.4. The minimum absolute atomic E-state index is 0.395. The van der Waals surface area contributed by atoms with Gasteiger partial charge in [-0.25, -0.2) is 15.0 Å². The van der Waals surface area contributed by atoms with Gasteiger partial charge in [-0.2, -0.15) is 0 Å². The molecule has 0 radical (unpaired) electrons. The van der Waals surface area contributed by atoms with Crippen molar-refractivity contribution in [1.29, 1.82) is 0 Å². The minimum Gasteiger partial charge on any atom is -0.494 e. The van der Waals surface area contributed by atoms with Crippen molar-refractivity contribution < 1.29 is 14.2 Å². The standard InChI is InChI=1S/C27H32ClN7O3/c1-36-15-13-33-9-11-34(12-10-33)14-16-38-20-6-7-22(24(17-20)37-2)31-27-30-18-21(28)26(32-27)23-19-29-25-5-3-4-8-35(23)25/h3-8,17-19H,9-16H2,1-2H3,(H,30,31,32). The Labute approximate surface area is 227 Å². The van der Waals surface area contributed by atoms with Crippen LogP contribution in [0.2, 0.25) is 5.02 Å². The molecule has 0 spiro atoms. The fourth-order valence-electron chi connectivity index (χ4n) is 4.45. The third-order valence-electron chi connectivity index (χ3n) is 6.58. The first-order valence-corrected chi connectivity index (χ1v) is 13.0. The number of rotatable bonds is 11. The highest BCUT2D eigenvalue weighted by atomic mass is 35.5. The number of anilines is 2. The molecule has 1 aromatic carbocycles. The smallest absolute Gasteiger partial charge is 0.227 e. The van der Waals surface area contributed by atoms with E-state index in [-0.39, 0.29) is 0 Å². The first-order chi connectivity index (χ1) is 18.6. The summed E-state index contributed by atoms with van der Waals surface area (Å²) < 4.78 is 18.8. The zero-order valence-electron chi connectivity index (χ0n) is 21.6. The Hall–Kier alpha value is -3.44. The van der Waals surface area contributed by atoms with Crippen molar-refractivity contribution in [2.45, 2.75) is 0 Å². The number of methoxy groups -OCH3 is 2. The largest absolute Gasteiger partial charge is 0.494 e. The van der Waals surface area contributed by atoms with Gasteiger partial charge in [0.1, 0.15) is 29.4 Å². The third-order valence-corrected chi connectivity index (χ3v) is 6.85. The second-order valence-electron chi connectivity index (χ2n) is 8.97. The monoisotopic (exact) mass is 537 g/mol. The summed E-state index contributed by atoms with van der Waals surface area (Å²) in [6.07, 6.45) is 5.26. The van der Waals surface area contributed by atoms with E-state index in [0.717, 1.165) is 68.7 Å². The molecule has 0 atom stereocenters. The van der Waals surface area contributed by atoms with E-state index in [1.165, 1.54) is 0 Å². The molecule has 11 heteroatoms.